The van der Waals surface area contributed by atoms with Crippen molar-refractivity contribution < 1.29 is 0 Å². The van der Waals surface area contributed by atoms with Crippen LogP contribution in [0.2, 0.25) is 0 Å². The number of anilines is 1. The van der Waals surface area contributed by atoms with Crippen LogP contribution in [-0.4, -0.2) is 15.0 Å². The third-order valence-corrected chi connectivity index (χ3v) is 2.14. The fourth-order valence-electron chi connectivity index (χ4n) is 1.27. The lowest BCUT2D eigenvalue weighted by molar-refractivity contribution is 1.04. The van der Waals surface area contributed by atoms with Gasteiger partial charge in [-0.25, -0.2) is 9.97 Å². The molecular weight excluding hydrogens is 188 g/mol. The molecule has 0 bridgehead atoms. The molecule has 0 spiro atoms. The lowest BCUT2D eigenvalue weighted by atomic mass is 10.2. The van der Waals surface area contributed by atoms with Gasteiger partial charge in [-0.05, 0) is 18.6 Å². The maximum absolute atomic E-state index is 4.06. The first-order valence-corrected chi connectivity index (χ1v) is 4.74. The van der Waals surface area contributed by atoms with E-state index in [0.29, 0.717) is 6.54 Å². The Balaban J connectivity index is 2.03. The first-order chi connectivity index (χ1) is 7.36. The van der Waals surface area contributed by atoms with Crippen LogP contribution in [0.25, 0.3) is 0 Å². The molecule has 76 valence electrons. The van der Waals surface area contributed by atoms with Crippen molar-refractivity contribution in [3.63, 3.8) is 0 Å². The lowest BCUT2D eigenvalue weighted by Crippen LogP contribution is -2.02. The predicted molar refractivity (Wildman–Crippen MR) is 58.3 cm³/mol. The number of nitrogens with zero attached hydrogens (tertiary/aromatic N) is 3. The minimum atomic E-state index is 0.716. The van der Waals surface area contributed by atoms with Crippen LogP contribution >= 0.6 is 0 Å². The Kier molecular flexibility index (Phi) is 2.88. The van der Waals surface area contributed by atoms with E-state index in [0.717, 1.165) is 11.3 Å². The van der Waals surface area contributed by atoms with Crippen molar-refractivity contribution in [2.24, 2.45) is 0 Å². The molecule has 0 saturated heterocycles. The van der Waals surface area contributed by atoms with Gasteiger partial charge in [-0.3, -0.25) is 4.98 Å². The highest BCUT2D eigenvalue weighted by Gasteiger charge is 1.97. The molecule has 0 aliphatic rings. The zero-order valence-corrected chi connectivity index (χ0v) is 8.51. The van der Waals surface area contributed by atoms with E-state index in [4.69, 9.17) is 0 Å². The molecule has 0 aliphatic carbocycles. The van der Waals surface area contributed by atoms with E-state index in [9.17, 15) is 0 Å². The smallest absolute Gasteiger partial charge is 0.115 e. The largest absolute Gasteiger partial charge is 0.379 e. The number of aromatic nitrogens is 3. The van der Waals surface area contributed by atoms with Crippen LogP contribution in [0.3, 0.4) is 0 Å². The number of hydrogen-bond acceptors (Lipinski definition) is 4. The molecule has 0 fully saturated rings. The van der Waals surface area contributed by atoms with Crippen molar-refractivity contribution >= 4 is 5.69 Å². The maximum atomic E-state index is 4.06. The molecule has 0 aromatic carbocycles. The molecule has 2 aromatic rings. The van der Waals surface area contributed by atoms with Crippen LogP contribution in [0.15, 0.2) is 37.2 Å². The van der Waals surface area contributed by atoms with Crippen LogP contribution in [-0.2, 0) is 6.54 Å². The standard InChI is InChI=1S/C11H12N4/c1-9-2-3-12-7-11(9)15-6-10-4-13-8-14-5-10/h2-5,7-8,15H,6H2,1H3. The van der Waals surface area contributed by atoms with Crippen LogP contribution in [0.4, 0.5) is 5.69 Å². The maximum Gasteiger partial charge on any atom is 0.115 e. The topological polar surface area (TPSA) is 50.7 Å². The lowest BCUT2D eigenvalue weighted by Gasteiger charge is -2.07. The highest BCUT2D eigenvalue weighted by atomic mass is 14.9. The average molecular weight is 200 g/mol. The zero-order chi connectivity index (χ0) is 10.5. The summed E-state index contributed by atoms with van der Waals surface area (Å²) in [7, 11) is 0. The minimum absolute atomic E-state index is 0.716. The van der Waals surface area contributed by atoms with Gasteiger partial charge in [-0.15, -0.1) is 0 Å². The highest BCUT2D eigenvalue weighted by Crippen LogP contribution is 2.12. The molecule has 4 nitrogen and oxygen atoms in total. The Labute approximate surface area is 88.4 Å². The quantitative estimate of drug-likeness (QED) is 0.820. The molecule has 0 amide bonds. The highest BCUT2D eigenvalue weighted by molar-refractivity contribution is 5.48. The molecule has 0 atom stereocenters. The average Bonchev–Trinajstić information content (AvgIpc) is 2.29. The van der Waals surface area contributed by atoms with Gasteiger partial charge in [-0.2, -0.15) is 0 Å². The number of aryl methyl sites for hydroxylation is 1. The van der Waals surface area contributed by atoms with Gasteiger partial charge >= 0.3 is 0 Å². The van der Waals surface area contributed by atoms with E-state index >= 15 is 0 Å². The molecule has 1 N–H and O–H groups in total. The number of nitrogens with one attached hydrogen (secondary N) is 1. The van der Waals surface area contributed by atoms with Crippen molar-refractivity contribution in [3.05, 3.63) is 48.3 Å². The normalized spacial score (nSPS) is 9.93. The summed E-state index contributed by atoms with van der Waals surface area (Å²) in [5.74, 6) is 0. The van der Waals surface area contributed by atoms with Crippen molar-refractivity contribution in [2.75, 3.05) is 5.32 Å². The predicted octanol–water partition coefficient (Wildman–Crippen LogP) is 1.79. The summed E-state index contributed by atoms with van der Waals surface area (Å²) in [6, 6.07) is 1.98. The first-order valence-electron chi connectivity index (χ1n) is 4.74. The third-order valence-electron chi connectivity index (χ3n) is 2.14. The van der Waals surface area contributed by atoms with Crippen molar-refractivity contribution in [1.29, 1.82) is 0 Å². The summed E-state index contributed by atoms with van der Waals surface area (Å²) in [5.41, 5.74) is 3.28. The van der Waals surface area contributed by atoms with Gasteiger partial charge in [0.05, 0.1) is 11.9 Å². The number of pyridine rings is 1. The second kappa shape index (κ2) is 4.50. The van der Waals surface area contributed by atoms with Crippen LogP contribution in [0.5, 0.6) is 0 Å². The fourth-order valence-corrected chi connectivity index (χ4v) is 1.27. The summed E-state index contributed by atoms with van der Waals surface area (Å²) < 4.78 is 0. The SMILES string of the molecule is Cc1ccncc1NCc1cncnc1. The molecule has 4 heteroatoms. The van der Waals surface area contributed by atoms with Gasteiger partial charge in [0.25, 0.3) is 0 Å². The van der Waals surface area contributed by atoms with Crippen LogP contribution < -0.4 is 5.32 Å². The second-order valence-corrected chi connectivity index (χ2v) is 3.29. The van der Waals surface area contributed by atoms with Crippen molar-refractivity contribution in [2.45, 2.75) is 13.5 Å². The summed E-state index contributed by atoms with van der Waals surface area (Å²) in [4.78, 5) is 12.0. The Morgan fingerprint density at radius 3 is 2.67 bits per heavy atom. The molecule has 0 unspecified atom stereocenters. The Morgan fingerprint density at radius 2 is 1.93 bits per heavy atom. The molecule has 0 saturated carbocycles. The Morgan fingerprint density at radius 1 is 1.13 bits per heavy atom. The molecule has 2 aromatic heterocycles. The Hall–Kier alpha value is -1.97. The summed E-state index contributed by atoms with van der Waals surface area (Å²) in [6.45, 7) is 2.76. The van der Waals surface area contributed by atoms with Gasteiger partial charge in [0.2, 0.25) is 0 Å². The number of hydrogen-bond donors (Lipinski definition) is 1. The van der Waals surface area contributed by atoms with Crippen molar-refractivity contribution in [1.82, 2.24) is 15.0 Å². The van der Waals surface area contributed by atoms with E-state index in [-0.39, 0.29) is 0 Å². The van der Waals surface area contributed by atoms with E-state index in [1.54, 1.807) is 18.6 Å². The summed E-state index contributed by atoms with van der Waals surface area (Å²) in [6.07, 6.45) is 8.72. The zero-order valence-electron chi connectivity index (χ0n) is 8.51. The summed E-state index contributed by atoms with van der Waals surface area (Å²) in [5, 5.41) is 3.29. The number of rotatable bonds is 3. The Bertz CT molecular complexity index is 428. The van der Waals surface area contributed by atoms with Gasteiger partial charge in [0.1, 0.15) is 6.33 Å². The molecule has 2 heterocycles. The van der Waals surface area contributed by atoms with E-state index in [2.05, 4.69) is 20.3 Å². The first kappa shape index (κ1) is 9.58. The van der Waals surface area contributed by atoms with Gasteiger partial charge < -0.3 is 5.32 Å². The van der Waals surface area contributed by atoms with E-state index < -0.39 is 0 Å². The molecule has 0 radical (unpaired) electrons. The van der Waals surface area contributed by atoms with E-state index in [1.807, 2.05) is 19.2 Å². The van der Waals surface area contributed by atoms with Gasteiger partial charge in [0, 0.05) is 30.7 Å². The molecule has 15 heavy (non-hydrogen) atoms. The van der Waals surface area contributed by atoms with Crippen molar-refractivity contribution in [3.8, 4) is 0 Å². The molecule has 0 aliphatic heterocycles. The third kappa shape index (κ3) is 2.49. The van der Waals surface area contributed by atoms with Crippen LogP contribution in [0.1, 0.15) is 11.1 Å². The fraction of sp³-hybridized carbons (Fsp3) is 0.182. The van der Waals surface area contributed by atoms with Crippen LogP contribution in [0, 0.1) is 6.92 Å². The summed E-state index contributed by atoms with van der Waals surface area (Å²) >= 11 is 0. The monoisotopic (exact) mass is 200 g/mol. The van der Waals surface area contributed by atoms with Gasteiger partial charge in [-0.1, -0.05) is 0 Å². The molecule has 2 rings (SSSR count). The minimum Gasteiger partial charge on any atom is -0.379 e. The molecular formula is C11H12N4. The van der Waals surface area contributed by atoms with Gasteiger partial charge in [0.15, 0.2) is 0 Å². The second-order valence-electron chi connectivity index (χ2n) is 3.29. The van der Waals surface area contributed by atoms with E-state index in [1.165, 1.54) is 11.9 Å².